The summed E-state index contributed by atoms with van der Waals surface area (Å²) < 4.78 is -1.08. The third-order valence-corrected chi connectivity index (χ3v) is 5.22. The van der Waals surface area contributed by atoms with Crippen LogP contribution in [0.25, 0.3) is 0 Å². The summed E-state index contributed by atoms with van der Waals surface area (Å²) in [6.45, 7) is 3.17. The highest BCUT2D eigenvalue weighted by molar-refractivity contribution is 8.02. The molecule has 2 rings (SSSR count). The maximum atomic E-state index is 12.6. The Morgan fingerprint density at radius 2 is 1.57 bits per heavy atom. The van der Waals surface area contributed by atoms with E-state index >= 15 is 0 Å². The zero-order chi connectivity index (χ0) is 16.7. The van der Waals surface area contributed by atoms with Gasteiger partial charge in [-0.15, -0.1) is 11.8 Å². The Kier molecular flexibility index (Phi) is 5.99. The number of nitrogens with one attached hydrogen (secondary N) is 1. The fraction of sp³-hybridized carbons (Fsp3) is 0.263. The second kappa shape index (κ2) is 7.97. The van der Waals surface area contributed by atoms with E-state index in [1.54, 1.807) is 6.92 Å². The number of para-hydroxylation sites is 1. The molecule has 0 spiro atoms. The Balaban J connectivity index is 2.00. The molecule has 0 aliphatic heterocycles. The number of hydrogen-bond donors (Lipinski definition) is 1. The highest BCUT2D eigenvalue weighted by Crippen LogP contribution is 2.28. The van der Waals surface area contributed by atoms with Crippen molar-refractivity contribution in [2.24, 2.45) is 0 Å². The van der Waals surface area contributed by atoms with E-state index in [1.807, 2.05) is 48.5 Å². The van der Waals surface area contributed by atoms with Gasteiger partial charge in [0.2, 0.25) is 5.91 Å². The summed E-state index contributed by atoms with van der Waals surface area (Å²) in [7, 11) is 0. The summed E-state index contributed by atoms with van der Waals surface area (Å²) in [5.74, 6) is 0.306. The summed E-state index contributed by atoms with van der Waals surface area (Å²) in [6.07, 6.45) is 0.826. The van der Waals surface area contributed by atoms with Crippen LogP contribution in [0.1, 0.15) is 19.4 Å². The first-order valence-electron chi connectivity index (χ1n) is 7.58. The Hall–Kier alpha value is -2.07. The average molecular weight is 327 g/mol. The van der Waals surface area contributed by atoms with Gasteiger partial charge in [0.25, 0.3) is 0 Å². The van der Waals surface area contributed by atoms with Crippen LogP contribution in [-0.4, -0.2) is 22.2 Å². The molecule has 1 amide bonds. The van der Waals surface area contributed by atoms with Crippen molar-refractivity contribution in [3.8, 4) is 0 Å². The number of rotatable bonds is 7. The van der Waals surface area contributed by atoms with Crippen LogP contribution in [0.2, 0.25) is 0 Å². The minimum atomic E-state index is -1.08. The standard InChI is InChI=1S/C19H21NO2S/c1-15(21)19(2,18(22)20-17-11-7-4-8-12-17)23-14-13-16-9-5-3-6-10-16/h3-12H,13-14H2,1-2H3,(H,20,22)/t19-/m0/s1. The zero-order valence-corrected chi connectivity index (χ0v) is 14.2. The van der Waals surface area contributed by atoms with Crippen LogP contribution >= 0.6 is 11.8 Å². The minimum Gasteiger partial charge on any atom is -0.324 e. The number of ketones is 1. The lowest BCUT2D eigenvalue weighted by molar-refractivity contribution is -0.127. The lowest BCUT2D eigenvalue weighted by atomic mass is 10.1. The van der Waals surface area contributed by atoms with Gasteiger partial charge >= 0.3 is 0 Å². The number of carbonyl (C=O) groups excluding carboxylic acids is 2. The second-order valence-corrected chi connectivity index (χ2v) is 7.01. The number of carbonyl (C=O) groups is 2. The summed E-state index contributed by atoms with van der Waals surface area (Å²) in [6, 6.07) is 19.3. The number of Topliss-reactive ketones (excluding diaryl/α,β-unsaturated/α-hetero) is 1. The van der Waals surface area contributed by atoms with Crippen molar-refractivity contribution < 1.29 is 9.59 Å². The van der Waals surface area contributed by atoms with Crippen LogP contribution in [0.3, 0.4) is 0 Å². The Morgan fingerprint density at radius 3 is 2.13 bits per heavy atom. The molecular formula is C19H21NO2S. The average Bonchev–Trinajstić information content (AvgIpc) is 2.56. The molecule has 0 saturated carbocycles. The highest BCUT2D eigenvalue weighted by atomic mass is 32.2. The van der Waals surface area contributed by atoms with Crippen LogP contribution in [0.4, 0.5) is 5.69 Å². The fourth-order valence-electron chi connectivity index (χ4n) is 2.12. The predicted octanol–water partition coefficient (Wildman–Crippen LogP) is 3.95. The lowest BCUT2D eigenvalue weighted by Gasteiger charge is -2.25. The monoisotopic (exact) mass is 327 g/mol. The van der Waals surface area contributed by atoms with Gasteiger partial charge < -0.3 is 5.32 Å². The van der Waals surface area contributed by atoms with E-state index < -0.39 is 4.75 Å². The lowest BCUT2D eigenvalue weighted by Crippen LogP contribution is -2.43. The first kappa shape index (κ1) is 17.3. The molecule has 0 heterocycles. The molecular weight excluding hydrogens is 306 g/mol. The number of thioether (sulfide) groups is 1. The molecule has 0 bridgehead atoms. The van der Waals surface area contributed by atoms with E-state index in [0.717, 1.165) is 6.42 Å². The smallest absolute Gasteiger partial charge is 0.247 e. The van der Waals surface area contributed by atoms with Gasteiger partial charge in [0.15, 0.2) is 5.78 Å². The molecule has 0 aliphatic carbocycles. The van der Waals surface area contributed by atoms with Gasteiger partial charge in [0, 0.05) is 5.69 Å². The number of benzene rings is 2. The third-order valence-electron chi connectivity index (χ3n) is 3.76. The van der Waals surface area contributed by atoms with Gasteiger partial charge in [0.05, 0.1) is 0 Å². The van der Waals surface area contributed by atoms with Gasteiger partial charge in [-0.25, -0.2) is 0 Å². The first-order chi connectivity index (χ1) is 11.0. The summed E-state index contributed by atoms with van der Waals surface area (Å²) >= 11 is 1.39. The van der Waals surface area contributed by atoms with E-state index in [2.05, 4.69) is 17.4 Å². The zero-order valence-electron chi connectivity index (χ0n) is 13.4. The first-order valence-corrected chi connectivity index (χ1v) is 8.56. The molecule has 0 aliphatic rings. The summed E-state index contributed by atoms with van der Waals surface area (Å²) in [4.78, 5) is 24.6. The molecule has 0 saturated heterocycles. The van der Waals surface area contributed by atoms with Gasteiger partial charge in [0.1, 0.15) is 4.75 Å². The van der Waals surface area contributed by atoms with Crippen molar-refractivity contribution in [1.29, 1.82) is 0 Å². The van der Waals surface area contributed by atoms with E-state index in [-0.39, 0.29) is 11.7 Å². The molecule has 2 aromatic carbocycles. The van der Waals surface area contributed by atoms with Gasteiger partial charge in [-0.3, -0.25) is 9.59 Å². The Morgan fingerprint density at radius 1 is 1.00 bits per heavy atom. The SMILES string of the molecule is CC(=O)[C@](C)(SCCc1ccccc1)C(=O)Nc1ccccc1. The van der Waals surface area contributed by atoms with Crippen LogP contribution in [0.5, 0.6) is 0 Å². The van der Waals surface area contributed by atoms with Crippen LogP contribution in [0, 0.1) is 0 Å². The maximum absolute atomic E-state index is 12.6. The van der Waals surface area contributed by atoms with Crippen molar-refractivity contribution in [3.05, 3.63) is 66.2 Å². The topological polar surface area (TPSA) is 46.2 Å². The number of amides is 1. The van der Waals surface area contributed by atoms with Crippen molar-refractivity contribution in [3.63, 3.8) is 0 Å². The van der Waals surface area contributed by atoms with E-state index in [9.17, 15) is 9.59 Å². The minimum absolute atomic E-state index is 0.135. The van der Waals surface area contributed by atoms with E-state index in [4.69, 9.17) is 0 Å². The van der Waals surface area contributed by atoms with Gasteiger partial charge in [-0.05, 0) is 43.7 Å². The molecule has 23 heavy (non-hydrogen) atoms. The normalized spacial score (nSPS) is 13.1. The van der Waals surface area contributed by atoms with Crippen LogP contribution < -0.4 is 5.32 Å². The highest BCUT2D eigenvalue weighted by Gasteiger charge is 2.38. The molecule has 0 unspecified atom stereocenters. The predicted molar refractivity (Wildman–Crippen MR) is 96.8 cm³/mol. The molecule has 4 heteroatoms. The number of aryl methyl sites for hydroxylation is 1. The van der Waals surface area contributed by atoms with E-state index in [0.29, 0.717) is 11.4 Å². The quantitative estimate of drug-likeness (QED) is 0.783. The fourth-order valence-corrected chi connectivity index (χ4v) is 3.25. The Bertz CT molecular complexity index is 658. The molecule has 2 aromatic rings. The number of anilines is 1. The molecule has 0 fully saturated rings. The summed E-state index contributed by atoms with van der Waals surface area (Å²) in [5.41, 5.74) is 1.91. The Labute approximate surface area is 141 Å². The van der Waals surface area contributed by atoms with Crippen molar-refractivity contribution >= 4 is 29.1 Å². The third kappa shape index (κ3) is 4.70. The summed E-state index contributed by atoms with van der Waals surface area (Å²) in [5, 5.41) is 2.83. The molecule has 1 atom stereocenters. The maximum Gasteiger partial charge on any atom is 0.247 e. The molecule has 3 nitrogen and oxygen atoms in total. The molecule has 0 aromatic heterocycles. The van der Waals surface area contributed by atoms with Crippen molar-refractivity contribution in [2.75, 3.05) is 11.1 Å². The molecule has 120 valence electrons. The van der Waals surface area contributed by atoms with Crippen LogP contribution in [0.15, 0.2) is 60.7 Å². The number of hydrogen-bond acceptors (Lipinski definition) is 3. The van der Waals surface area contributed by atoms with Gasteiger partial charge in [-0.2, -0.15) is 0 Å². The van der Waals surface area contributed by atoms with Crippen molar-refractivity contribution in [1.82, 2.24) is 0 Å². The van der Waals surface area contributed by atoms with Crippen molar-refractivity contribution in [2.45, 2.75) is 25.0 Å². The van der Waals surface area contributed by atoms with E-state index in [1.165, 1.54) is 24.2 Å². The van der Waals surface area contributed by atoms with Gasteiger partial charge in [-0.1, -0.05) is 48.5 Å². The second-order valence-electron chi connectivity index (χ2n) is 5.49. The largest absolute Gasteiger partial charge is 0.324 e. The van der Waals surface area contributed by atoms with Crippen LogP contribution in [-0.2, 0) is 16.0 Å². The molecule has 1 N–H and O–H groups in total. The molecule has 0 radical (unpaired) electrons.